The molecule has 0 fully saturated rings. The molecule has 0 saturated heterocycles. The summed E-state index contributed by atoms with van der Waals surface area (Å²) in [6.45, 7) is 3.77. The minimum absolute atomic E-state index is 0.258. The van der Waals surface area contributed by atoms with Crippen molar-refractivity contribution >= 4 is 23.2 Å². The lowest BCUT2D eigenvalue weighted by atomic mass is 10.1. The summed E-state index contributed by atoms with van der Waals surface area (Å²) in [5.41, 5.74) is 2.35. The SMILES string of the molecule is CCCCc1cc(NC(=O)Nc2cc(F)ccc2F)n(-c2cccc(C(C)=N)c2)n1. The molecule has 3 aromatic rings. The fourth-order valence-corrected chi connectivity index (χ4v) is 2.93. The van der Waals surface area contributed by atoms with Crippen molar-refractivity contribution in [3.05, 3.63) is 71.4 Å². The smallest absolute Gasteiger partial charge is 0.305 e. The number of unbranched alkanes of at least 4 members (excludes halogenated alkanes) is 1. The van der Waals surface area contributed by atoms with Gasteiger partial charge in [0.25, 0.3) is 0 Å². The van der Waals surface area contributed by atoms with E-state index in [-0.39, 0.29) is 5.69 Å². The molecule has 0 bridgehead atoms. The highest BCUT2D eigenvalue weighted by molar-refractivity contribution is 5.99. The molecule has 0 unspecified atom stereocenters. The monoisotopic (exact) mass is 411 g/mol. The number of rotatable bonds is 7. The van der Waals surface area contributed by atoms with E-state index >= 15 is 0 Å². The molecule has 8 heteroatoms. The van der Waals surface area contributed by atoms with Crippen LogP contribution in [0.5, 0.6) is 0 Å². The highest BCUT2D eigenvalue weighted by atomic mass is 19.1. The number of amides is 2. The van der Waals surface area contributed by atoms with E-state index in [9.17, 15) is 13.6 Å². The number of carbonyl (C=O) groups is 1. The van der Waals surface area contributed by atoms with Crippen LogP contribution >= 0.6 is 0 Å². The van der Waals surface area contributed by atoms with Gasteiger partial charge in [-0.1, -0.05) is 25.5 Å². The molecule has 0 atom stereocenters. The van der Waals surface area contributed by atoms with Gasteiger partial charge in [0.2, 0.25) is 0 Å². The van der Waals surface area contributed by atoms with Crippen LogP contribution in [-0.2, 0) is 6.42 Å². The number of carbonyl (C=O) groups excluding carboxylic acids is 1. The molecule has 0 spiro atoms. The fraction of sp³-hybridized carbons (Fsp3) is 0.227. The number of nitrogens with one attached hydrogen (secondary N) is 3. The number of urea groups is 1. The summed E-state index contributed by atoms with van der Waals surface area (Å²) in [6, 6.07) is 11.1. The molecular formula is C22H23F2N5O. The number of benzene rings is 2. The molecule has 1 heterocycles. The van der Waals surface area contributed by atoms with Gasteiger partial charge in [0.05, 0.1) is 17.1 Å². The molecule has 6 nitrogen and oxygen atoms in total. The van der Waals surface area contributed by atoms with Crippen LogP contribution in [0.3, 0.4) is 0 Å². The Morgan fingerprint density at radius 1 is 1.13 bits per heavy atom. The van der Waals surface area contributed by atoms with Crippen molar-refractivity contribution in [2.75, 3.05) is 10.6 Å². The number of halogens is 2. The first-order valence-corrected chi connectivity index (χ1v) is 9.65. The second-order valence-corrected chi connectivity index (χ2v) is 6.91. The van der Waals surface area contributed by atoms with E-state index in [4.69, 9.17) is 5.41 Å². The van der Waals surface area contributed by atoms with Gasteiger partial charge in [0.1, 0.15) is 17.5 Å². The fourth-order valence-electron chi connectivity index (χ4n) is 2.93. The Balaban J connectivity index is 1.90. The molecule has 1 aromatic heterocycles. The topological polar surface area (TPSA) is 82.8 Å². The van der Waals surface area contributed by atoms with Gasteiger partial charge >= 0.3 is 6.03 Å². The van der Waals surface area contributed by atoms with E-state index in [2.05, 4.69) is 22.7 Å². The highest BCUT2D eigenvalue weighted by Gasteiger charge is 2.15. The van der Waals surface area contributed by atoms with Crippen molar-refractivity contribution in [2.24, 2.45) is 0 Å². The maximum Gasteiger partial charge on any atom is 0.324 e. The summed E-state index contributed by atoms with van der Waals surface area (Å²) in [5, 5.41) is 17.4. The lowest BCUT2D eigenvalue weighted by Gasteiger charge is -2.11. The Kier molecular flexibility index (Phi) is 6.56. The minimum Gasteiger partial charge on any atom is -0.305 e. The number of aromatic nitrogens is 2. The van der Waals surface area contributed by atoms with Gasteiger partial charge < -0.3 is 10.7 Å². The first kappa shape index (κ1) is 21.2. The van der Waals surface area contributed by atoms with Crippen molar-refractivity contribution in [3.63, 3.8) is 0 Å². The summed E-state index contributed by atoms with van der Waals surface area (Å²) >= 11 is 0. The molecule has 2 aromatic carbocycles. The molecule has 2 amide bonds. The molecule has 0 aliphatic heterocycles. The third kappa shape index (κ3) is 5.08. The van der Waals surface area contributed by atoms with E-state index in [0.29, 0.717) is 17.2 Å². The van der Waals surface area contributed by atoms with Gasteiger partial charge in [-0.2, -0.15) is 5.10 Å². The van der Waals surface area contributed by atoms with E-state index < -0.39 is 17.7 Å². The summed E-state index contributed by atoms with van der Waals surface area (Å²) in [4.78, 5) is 12.4. The van der Waals surface area contributed by atoms with Crippen LogP contribution in [0.2, 0.25) is 0 Å². The number of hydrogen-bond donors (Lipinski definition) is 3. The van der Waals surface area contributed by atoms with Crippen LogP contribution in [0.4, 0.5) is 25.1 Å². The van der Waals surface area contributed by atoms with Crippen molar-refractivity contribution < 1.29 is 13.6 Å². The van der Waals surface area contributed by atoms with Crippen LogP contribution < -0.4 is 10.6 Å². The van der Waals surface area contributed by atoms with Crippen LogP contribution in [-0.4, -0.2) is 21.5 Å². The van der Waals surface area contributed by atoms with Crippen molar-refractivity contribution in [2.45, 2.75) is 33.1 Å². The third-order valence-corrected chi connectivity index (χ3v) is 4.49. The first-order chi connectivity index (χ1) is 14.4. The number of aryl methyl sites for hydroxylation is 1. The number of nitrogens with zero attached hydrogens (tertiary/aromatic N) is 2. The van der Waals surface area contributed by atoms with E-state index in [1.165, 1.54) is 0 Å². The Hall–Kier alpha value is -3.55. The zero-order valence-corrected chi connectivity index (χ0v) is 16.8. The summed E-state index contributed by atoms with van der Waals surface area (Å²) < 4.78 is 28.8. The molecule has 0 saturated carbocycles. The molecule has 0 aliphatic rings. The van der Waals surface area contributed by atoms with Crippen molar-refractivity contribution in [1.29, 1.82) is 5.41 Å². The lowest BCUT2D eigenvalue weighted by Crippen LogP contribution is -2.22. The quantitative estimate of drug-likeness (QED) is 0.447. The largest absolute Gasteiger partial charge is 0.324 e. The van der Waals surface area contributed by atoms with Gasteiger partial charge in [-0.3, -0.25) is 5.32 Å². The molecular weight excluding hydrogens is 388 g/mol. The van der Waals surface area contributed by atoms with Crippen LogP contribution in [0.25, 0.3) is 5.69 Å². The number of hydrogen-bond acceptors (Lipinski definition) is 3. The van der Waals surface area contributed by atoms with Gasteiger partial charge in [0, 0.05) is 17.8 Å². The predicted octanol–water partition coefficient (Wildman–Crippen LogP) is 5.52. The molecule has 3 N–H and O–H groups in total. The average Bonchev–Trinajstić information content (AvgIpc) is 3.11. The van der Waals surface area contributed by atoms with Crippen LogP contribution in [0.15, 0.2) is 48.5 Å². The maximum atomic E-state index is 13.8. The highest BCUT2D eigenvalue weighted by Crippen LogP contribution is 2.21. The summed E-state index contributed by atoms with van der Waals surface area (Å²) in [7, 11) is 0. The van der Waals surface area contributed by atoms with Crippen LogP contribution in [0, 0.1) is 17.0 Å². The van der Waals surface area contributed by atoms with Gasteiger partial charge in [0.15, 0.2) is 0 Å². The molecule has 0 aliphatic carbocycles. The van der Waals surface area contributed by atoms with Gasteiger partial charge in [-0.05, 0) is 49.6 Å². The molecule has 30 heavy (non-hydrogen) atoms. The van der Waals surface area contributed by atoms with E-state index in [0.717, 1.165) is 48.7 Å². The van der Waals surface area contributed by atoms with E-state index in [1.807, 2.05) is 18.2 Å². The maximum absolute atomic E-state index is 13.8. The summed E-state index contributed by atoms with van der Waals surface area (Å²) in [5.74, 6) is -1.01. The van der Waals surface area contributed by atoms with Crippen molar-refractivity contribution in [3.8, 4) is 5.69 Å². The van der Waals surface area contributed by atoms with Crippen molar-refractivity contribution in [1.82, 2.24) is 9.78 Å². The Morgan fingerprint density at radius 3 is 2.67 bits per heavy atom. The lowest BCUT2D eigenvalue weighted by molar-refractivity contribution is 0.262. The third-order valence-electron chi connectivity index (χ3n) is 4.49. The molecule has 156 valence electrons. The predicted molar refractivity (Wildman–Crippen MR) is 114 cm³/mol. The average molecular weight is 411 g/mol. The molecule has 3 rings (SSSR count). The zero-order valence-electron chi connectivity index (χ0n) is 16.8. The van der Waals surface area contributed by atoms with E-state index in [1.54, 1.807) is 23.7 Å². The Bertz CT molecular complexity index is 1080. The second kappa shape index (κ2) is 9.30. The van der Waals surface area contributed by atoms with Gasteiger partial charge in [-0.25, -0.2) is 18.3 Å². The summed E-state index contributed by atoms with van der Waals surface area (Å²) in [6.07, 6.45) is 2.68. The standard InChI is InChI=1S/C22H23F2N5O/c1-3-4-7-17-13-21(27-22(30)26-20-12-16(23)9-10-19(20)24)29(28-17)18-8-5-6-15(11-18)14(2)25/h5-6,8-13,25H,3-4,7H2,1-2H3,(H2,26,27,30). The Labute approximate surface area is 173 Å². The minimum atomic E-state index is -0.738. The second-order valence-electron chi connectivity index (χ2n) is 6.91. The Morgan fingerprint density at radius 2 is 1.93 bits per heavy atom. The normalized spacial score (nSPS) is 10.7. The first-order valence-electron chi connectivity index (χ1n) is 9.65. The van der Waals surface area contributed by atoms with Crippen LogP contribution in [0.1, 0.15) is 37.9 Å². The van der Waals surface area contributed by atoms with Gasteiger partial charge in [-0.15, -0.1) is 0 Å². The molecule has 0 radical (unpaired) electrons. The zero-order chi connectivity index (χ0) is 21.7. The number of anilines is 2.